The van der Waals surface area contributed by atoms with Crippen molar-refractivity contribution in [2.24, 2.45) is 0 Å². The fourth-order valence-corrected chi connectivity index (χ4v) is 4.24. The highest BCUT2D eigenvalue weighted by atomic mass is 32.2. The molecule has 0 aliphatic rings. The van der Waals surface area contributed by atoms with Crippen LogP contribution in [0, 0.1) is 12.7 Å². The number of aryl methyl sites for hydroxylation is 1. The van der Waals surface area contributed by atoms with Gasteiger partial charge in [0.05, 0.1) is 13.5 Å². The van der Waals surface area contributed by atoms with Gasteiger partial charge in [-0.1, -0.05) is 41.2 Å². The number of aromatic nitrogens is 2. The van der Waals surface area contributed by atoms with Crippen LogP contribution in [0.4, 0.5) is 14.9 Å². The molecule has 0 aliphatic carbocycles. The Morgan fingerprint density at radius 1 is 1.11 bits per heavy atom. The number of esters is 1. The van der Waals surface area contributed by atoms with E-state index >= 15 is 0 Å². The molecule has 0 bridgehead atoms. The zero-order valence-corrected chi connectivity index (χ0v) is 21.2. The van der Waals surface area contributed by atoms with Crippen molar-refractivity contribution in [3.05, 3.63) is 89.5 Å². The second kappa shape index (κ2) is 11.7. The Hall–Kier alpha value is -4.18. The number of rotatable bonds is 8. The molecule has 0 radical (unpaired) electrons. The molecule has 0 aliphatic heterocycles. The first-order chi connectivity index (χ1) is 17.8. The Bertz CT molecular complexity index is 1390. The summed E-state index contributed by atoms with van der Waals surface area (Å²) >= 11 is 1.46. The van der Waals surface area contributed by atoms with E-state index in [-0.39, 0.29) is 18.0 Å². The molecule has 0 fully saturated rings. The standard InChI is InChI=1S/C27H24FN3O5S/c1-16-25(30-27(33)35-17(2)21-6-4-5-7-22(21)28)26(36-31-16)19-9-11-20(12-10-19)37-23-13-8-18(15-29-23)14-24(32)34-3/h4-13,15,17H,14H2,1-3H3,(H,30,33). The summed E-state index contributed by atoms with van der Waals surface area (Å²) in [6.45, 7) is 3.29. The fraction of sp³-hybridized carbons (Fsp3) is 0.185. The lowest BCUT2D eigenvalue weighted by atomic mass is 10.1. The number of nitrogens with one attached hydrogen (secondary N) is 1. The van der Waals surface area contributed by atoms with Crippen molar-refractivity contribution < 1.29 is 28.0 Å². The molecule has 1 unspecified atom stereocenters. The van der Waals surface area contributed by atoms with E-state index < -0.39 is 18.0 Å². The average molecular weight is 522 g/mol. The van der Waals surface area contributed by atoms with Crippen molar-refractivity contribution in [3.63, 3.8) is 0 Å². The Labute approximate surface area is 217 Å². The molecule has 4 rings (SSSR count). The molecule has 2 aromatic carbocycles. The highest BCUT2D eigenvalue weighted by Gasteiger charge is 2.21. The molecule has 2 aromatic heterocycles. The lowest BCUT2D eigenvalue weighted by Crippen LogP contribution is -2.17. The predicted molar refractivity (Wildman–Crippen MR) is 136 cm³/mol. The van der Waals surface area contributed by atoms with Gasteiger partial charge in [-0.2, -0.15) is 0 Å². The Kier molecular flexibility index (Phi) is 8.19. The number of methoxy groups -OCH3 is 1. The number of benzene rings is 2. The van der Waals surface area contributed by atoms with E-state index in [0.717, 1.165) is 15.5 Å². The minimum Gasteiger partial charge on any atom is -0.469 e. The summed E-state index contributed by atoms with van der Waals surface area (Å²) in [7, 11) is 1.35. The summed E-state index contributed by atoms with van der Waals surface area (Å²) in [5.74, 6) is -0.396. The second-order valence-electron chi connectivity index (χ2n) is 8.05. The predicted octanol–water partition coefficient (Wildman–Crippen LogP) is 6.36. The van der Waals surface area contributed by atoms with Crippen LogP contribution in [0.5, 0.6) is 0 Å². The molecule has 8 nitrogen and oxygen atoms in total. The molecule has 2 heterocycles. The molecule has 4 aromatic rings. The van der Waals surface area contributed by atoms with Crippen LogP contribution in [0.1, 0.15) is 29.8 Å². The van der Waals surface area contributed by atoms with Gasteiger partial charge in [0.2, 0.25) is 0 Å². The van der Waals surface area contributed by atoms with Crippen LogP contribution in [0.2, 0.25) is 0 Å². The number of hydrogen-bond donors (Lipinski definition) is 1. The van der Waals surface area contributed by atoms with Crippen LogP contribution in [0.3, 0.4) is 0 Å². The molecule has 37 heavy (non-hydrogen) atoms. The van der Waals surface area contributed by atoms with Crippen LogP contribution < -0.4 is 5.32 Å². The summed E-state index contributed by atoms with van der Waals surface area (Å²) in [6, 6.07) is 17.3. The summed E-state index contributed by atoms with van der Waals surface area (Å²) < 4.78 is 29.5. The van der Waals surface area contributed by atoms with Crippen molar-refractivity contribution in [2.45, 2.75) is 36.3 Å². The highest BCUT2D eigenvalue weighted by Crippen LogP contribution is 2.34. The third-order valence-corrected chi connectivity index (χ3v) is 6.39. The Morgan fingerprint density at radius 2 is 1.86 bits per heavy atom. The van der Waals surface area contributed by atoms with E-state index in [1.807, 2.05) is 36.4 Å². The summed E-state index contributed by atoms with van der Waals surface area (Å²) in [5.41, 5.74) is 2.59. The normalized spacial score (nSPS) is 11.6. The van der Waals surface area contributed by atoms with Gasteiger partial charge in [0, 0.05) is 22.2 Å². The second-order valence-corrected chi connectivity index (χ2v) is 9.14. The van der Waals surface area contributed by atoms with Crippen molar-refractivity contribution in [1.82, 2.24) is 10.1 Å². The first-order valence-electron chi connectivity index (χ1n) is 11.3. The Morgan fingerprint density at radius 3 is 2.54 bits per heavy atom. The van der Waals surface area contributed by atoms with Crippen molar-refractivity contribution in [2.75, 3.05) is 12.4 Å². The SMILES string of the molecule is COC(=O)Cc1ccc(Sc2ccc(-c3onc(C)c3NC(=O)OC(C)c3ccccc3F)cc2)nc1. The zero-order chi connectivity index (χ0) is 26.4. The quantitative estimate of drug-likeness (QED) is 0.267. The van der Waals surface area contributed by atoms with Gasteiger partial charge in [-0.05, 0) is 55.8 Å². The van der Waals surface area contributed by atoms with E-state index in [1.54, 1.807) is 38.2 Å². The number of anilines is 1. The molecule has 0 spiro atoms. The monoisotopic (exact) mass is 521 g/mol. The third-order valence-electron chi connectivity index (χ3n) is 5.43. The molecule has 1 atom stereocenters. The first-order valence-corrected chi connectivity index (χ1v) is 12.1. The molecule has 1 N–H and O–H groups in total. The molecule has 10 heteroatoms. The number of hydrogen-bond acceptors (Lipinski definition) is 8. The van der Waals surface area contributed by atoms with Gasteiger partial charge in [-0.15, -0.1) is 0 Å². The molecule has 190 valence electrons. The van der Waals surface area contributed by atoms with Gasteiger partial charge in [0.15, 0.2) is 5.76 Å². The smallest absolute Gasteiger partial charge is 0.412 e. The number of pyridine rings is 1. The van der Waals surface area contributed by atoms with Gasteiger partial charge in [-0.3, -0.25) is 10.1 Å². The number of carbonyl (C=O) groups excluding carboxylic acids is 2. The van der Waals surface area contributed by atoms with Crippen LogP contribution in [-0.2, 0) is 20.7 Å². The molecule has 0 saturated carbocycles. The van der Waals surface area contributed by atoms with Crippen LogP contribution in [0.25, 0.3) is 11.3 Å². The van der Waals surface area contributed by atoms with Gasteiger partial charge in [-0.25, -0.2) is 14.2 Å². The largest absolute Gasteiger partial charge is 0.469 e. The molecular weight excluding hydrogens is 497 g/mol. The maximum absolute atomic E-state index is 14.0. The van der Waals surface area contributed by atoms with Crippen LogP contribution in [0.15, 0.2) is 81.3 Å². The van der Waals surface area contributed by atoms with Gasteiger partial charge in [0.25, 0.3) is 0 Å². The topological polar surface area (TPSA) is 104 Å². The summed E-state index contributed by atoms with van der Waals surface area (Å²) in [6.07, 6.45) is 0.280. The summed E-state index contributed by atoms with van der Waals surface area (Å²) in [4.78, 5) is 29.3. The highest BCUT2D eigenvalue weighted by molar-refractivity contribution is 7.99. The first kappa shape index (κ1) is 25.9. The van der Waals surface area contributed by atoms with Crippen molar-refractivity contribution in [3.8, 4) is 11.3 Å². The number of carbonyl (C=O) groups is 2. The zero-order valence-electron chi connectivity index (χ0n) is 20.4. The number of nitrogens with zero attached hydrogens (tertiary/aromatic N) is 2. The van der Waals surface area contributed by atoms with Crippen molar-refractivity contribution >= 4 is 29.5 Å². The van der Waals surface area contributed by atoms with Gasteiger partial charge < -0.3 is 14.0 Å². The number of ether oxygens (including phenoxy) is 2. The van der Waals surface area contributed by atoms with Crippen LogP contribution >= 0.6 is 11.8 Å². The maximum atomic E-state index is 14.0. The average Bonchev–Trinajstić information content (AvgIpc) is 3.25. The van der Waals surface area contributed by atoms with Gasteiger partial charge >= 0.3 is 12.1 Å². The number of halogens is 1. The maximum Gasteiger partial charge on any atom is 0.412 e. The lowest BCUT2D eigenvalue weighted by Gasteiger charge is -2.15. The third kappa shape index (κ3) is 6.53. The van der Waals surface area contributed by atoms with Crippen molar-refractivity contribution in [1.29, 1.82) is 0 Å². The van der Waals surface area contributed by atoms with Gasteiger partial charge in [0.1, 0.15) is 28.3 Å². The molecular formula is C27H24FN3O5S. The number of amides is 1. The lowest BCUT2D eigenvalue weighted by molar-refractivity contribution is -0.139. The molecule has 0 saturated heterocycles. The summed E-state index contributed by atoms with van der Waals surface area (Å²) in [5, 5.41) is 7.41. The minimum atomic E-state index is -0.788. The minimum absolute atomic E-state index is 0.172. The van der Waals surface area contributed by atoms with E-state index in [9.17, 15) is 14.0 Å². The van der Waals surface area contributed by atoms with E-state index in [0.29, 0.717) is 22.7 Å². The Balaban J connectivity index is 1.42. The molecule has 1 amide bonds. The fourth-order valence-electron chi connectivity index (χ4n) is 3.48. The van der Waals surface area contributed by atoms with Crippen LogP contribution in [-0.4, -0.2) is 29.3 Å². The van der Waals surface area contributed by atoms with E-state index in [4.69, 9.17) is 9.26 Å². The van der Waals surface area contributed by atoms with E-state index in [1.165, 1.54) is 24.9 Å². The van der Waals surface area contributed by atoms with E-state index in [2.05, 4.69) is 20.2 Å².